The maximum Gasteiger partial charge on any atom is 0.259 e. The van der Waals surface area contributed by atoms with E-state index in [1.54, 1.807) is 37.5 Å². The van der Waals surface area contributed by atoms with Crippen LogP contribution in [0, 0.1) is 12.7 Å². The number of aromatic nitrogens is 1. The Morgan fingerprint density at radius 1 is 1.00 bits per heavy atom. The third kappa shape index (κ3) is 5.22. The molecule has 0 atom stereocenters. The maximum atomic E-state index is 14.2. The van der Waals surface area contributed by atoms with Gasteiger partial charge < -0.3 is 10.2 Å². The van der Waals surface area contributed by atoms with Gasteiger partial charge in [0.15, 0.2) is 0 Å². The first-order chi connectivity index (χ1) is 15.6. The van der Waals surface area contributed by atoms with Gasteiger partial charge in [0, 0.05) is 31.2 Å². The number of amides is 1. The average Bonchev–Trinajstić information content (AvgIpc) is 2.81. The van der Waals surface area contributed by atoms with E-state index in [9.17, 15) is 9.18 Å². The second-order valence-electron chi connectivity index (χ2n) is 8.45. The number of pyridine rings is 1. The van der Waals surface area contributed by atoms with Crippen LogP contribution >= 0.6 is 0 Å². The van der Waals surface area contributed by atoms with Crippen molar-refractivity contribution < 1.29 is 9.18 Å². The number of hydrogen-bond donors (Lipinski definition) is 1. The first-order valence-corrected chi connectivity index (χ1v) is 11.5. The molecule has 0 aliphatic carbocycles. The van der Waals surface area contributed by atoms with E-state index in [1.807, 2.05) is 29.2 Å². The number of carbonyl (C=O) groups is 1. The summed E-state index contributed by atoms with van der Waals surface area (Å²) in [6.07, 6.45) is 8.89. The van der Waals surface area contributed by atoms with Crippen LogP contribution < -0.4 is 10.2 Å². The molecule has 1 aromatic heterocycles. The summed E-state index contributed by atoms with van der Waals surface area (Å²) in [5.41, 5.74) is 4.96. The van der Waals surface area contributed by atoms with E-state index < -0.39 is 0 Å². The standard InChI is InChI=1S/C27H30FN3O/c1-20-9-10-22(17-25(20)28)21-11-12-26-24(16-21)19-29-13-5-3-2-4-6-15-31(26)27(32)23-8-7-14-30-18-23/h7-12,14,16-18,29H,2-6,13,15,19H2,1H3. The monoisotopic (exact) mass is 431 g/mol. The first kappa shape index (κ1) is 22.2. The van der Waals surface area contributed by atoms with E-state index in [4.69, 9.17) is 0 Å². The molecule has 166 valence electrons. The lowest BCUT2D eigenvalue weighted by atomic mass is 9.99. The molecule has 2 aromatic carbocycles. The second kappa shape index (κ2) is 10.5. The van der Waals surface area contributed by atoms with E-state index >= 15 is 0 Å². The predicted octanol–water partition coefficient (Wildman–Crippen LogP) is 5.90. The smallest absolute Gasteiger partial charge is 0.259 e. The van der Waals surface area contributed by atoms with E-state index in [1.165, 1.54) is 12.8 Å². The fourth-order valence-corrected chi connectivity index (χ4v) is 4.19. The van der Waals surface area contributed by atoms with Crippen molar-refractivity contribution in [1.29, 1.82) is 0 Å². The number of fused-ring (bicyclic) bond motifs is 1. The molecule has 1 amide bonds. The summed E-state index contributed by atoms with van der Waals surface area (Å²) in [4.78, 5) is 19.4. The zero-order valence-electron chi connectivity index (χ0n) is 18.6. The molecule has 0 spiro atoms. The summed E-state index contributed by atoms with van der Waals surface area (Å²) >= 11 is 0. The van der Waals surface area contributed by atoms with Crippen molar-refractivity contribution in [2.45, 2.75) is 45.6 Å². The van der Waals surface area contributed by atoms with Gasteiger partial charge in [-0.15, -0.1) is 0 Å². The number of aryl methyl sites for hydroxylation is 1. The van der Waals surface area contributed by atoms with Crippen LogP contribution in [0.25, 0.3) is 11.1 Å². The molecular formula is C27H30FN3O. The summed E-state index contributed by atoms with van der Waals surface area (Å²) in [5.74, 6) is -0.243. The molecule has 4 rings (SSSR count). The Balaban J connectivity index is 1.74. The third-order valence-electron chi connectivity index (χ3n) is 6.08. The van der Waals surface area contributed by atoms with Gasteiger partial charge in [0.2, 0.25) is 0 Å². The molecule has 0 bridgehead atoms. The molecular weight excluding hydrogens is 401 g/mol. The number of nitrogens with one attached hydrogen (secondary N) is 1. The van der Waals surface area contributed by atoms with Crippen molar-refractivity contribution in [2.75, 3.05) is 18.0 Å². The van der Waals surface area contributed by atoms with Crippen LogP contribution in [-0.4, -0.2) is 24.0 Å². The molecule has 1 N–H and O–H groups in total. The minimum Gasteiger partial charge on any atom is -0.313 e. The Labute approximate surface area is 189 Å². The highest BCUT2D eigenvalue weighted by Gasteiger charge is 2.21. The molecule has 3 aromatic rings. The molecule has 0 fully saturated rings. The SMILES string of the molecule is Cc1ccc(-c2ccc3c(c2)CNCCCCCCCN3C(=O)c2cccnc2)cc1F. The highest BCUT2D eigenvalue weighted by atomic mass is 19.1. The normalized spacial score (nSPS) is 15.4. The topological polar surface area (TPSA) is 45.2 Å². The molecule has 1 aliphatic heterocycles. The van der Waals surface area contributed by atoms with Gasteiger partial charge in [-0.1, -0.05) is 37.5 Å². The fourth-order valence-electron chi connectivity index (χ4n) is 4.19. The molecule has 1 aliphatic rings. The number of halogens is 1. The molecule has 0 radical (unpaired) electrons. The average molecular weight is 432 g/mol. The van der Waals surface area contributed by atoms with E-state index in [0.29, 0.717) is 24.2 Å². The lowest BCUT2D eigenvalue weighted by Crippen LogP contribution is -2.33. The predicted molar refractivity (Wildman–Crippen MR) is 127 cm³/mol. The van der Waals surface area contributed by atoms with Crippen molar-refractivity contribution >= 4 is 11.6 Å². The molecule has 5 heteroatoms. The molecule has 4 nitrogen and oxygen atoms in total. The minimum atomic E-state index is -0.207. The van der Waals surface area contributed by atoms with Crippen LogP contribution in [0.1, 0.15) is 53.6 Å². The van der Waals surface area contributed by atoms with Gasteiger partial charge >= 0.3 is 0 Å². The van der Waals surface area contributed by atoms with Gasteiger partial charge in [0.1, 0.15) is 5.82 Å². The van der Waals surface area contributed by atoms with Gasteiger partial charge in [-0.25, -0.2) is 4.39 Å². The molecule has 32 heavy (non-hydrogen) atoms. The van der Waals surface area contributed by atoms with Crippen LogP contribution in [0.3, 0.4) is 0 Å². The number of rotatable bonds is 2. The van der Waals surface area contributed by atoms with E-state index in [-0.39, 0.29) is 11.7 Å². The van der Waals surface area contributed by atoms with Crippen molar-refractivity contribution in [2.24, 2.45) is 0 Å². The lowest BCUT2D eigenvalue weighted by Gasteiger charge is -2.27. The van der Waals surface area contributed by atoms with Crippen molar-refractivity contribution in [3.63, 3.8) is 0 Å². The van der Waals surface area contributed by atoms with Crippen LogP contribution in [0.15, 0.2) is 60.9 Å². The fraction of sp³-hybridized carbons (Fsp3) is 0.333. The van der Waals surface area contributed by atoms with Crippen LogP contribution in [0.4, 0.5) is 10.1 Å². The Morgan fingerprint density at radius 3 is 2.59 bits per heavy atom. The maximum absolute atomic E-state index is 14.2. The van der Waals surface area contributed by atoms with Gasteiger partial charge in [0.05, 0.1) is 5.56 Å². The Kier molecular flexibility index (Phi) is 7.28. The summed E-state index contributed by atoms with van der Waals surface area (Å²) in [6, 6.07) is 15.0. The number of carbonyl (C=O) groups excluding carboxylic acids is 1. The largest absolute Gasteiger partial charge is 0.313 e. The highest BCUT2D eigenvalue weighted by molar-refractivity contribution is 6.06. The Morgan fingerprint density at radius 2 is 1.78 bits per heavy atom. The van der Waals surface area contributed by atoms with E-state index in [0.717, 1.165) is 48.2 Å². The molecule has 0 unspecified atom stereocenters. The number of benzene rings is 2. The summed E-state index contributed by atoms with van der Waals surface area (Å²) in [5, 5.41) is 3.53. The van der Waals surface area contributed by atoms with Crippen LogP contribution in [0.5, 0.6) is 0 Å². The lowest BCUT2D eigenvalue weighted by molar-refractivity contribution is 0.0986. The highest BCUT2D eigenvalue weighted by Crippen LogP contribution is 2.30. The van der Waals surface area contributed by atoms with Crippen molar-refractivity contribution in [1.82, 2.24) is 10.3 Å². The zero-order chi connectivity index (χ0) is 22.3. The van der Waals surface area contributed by atoms with E-state index in [2.05, 4.69) is 16.4 Å². The summed E-state index contributed by atoms with van der Waals surface area (Å²) in [6.45, 7) is 4.04. The number of anilines is 1. The minimum absolute atomic E-state index is 0.0365. The van der Waals surface area contributed by atoms with Gasteiger partial charge in [0.25, 0.3) is 5.91 Å². The van der Waals surface area contributed by atoms with Gasteiger partial charge in [-0.2, -0.15) is 0 Å². The summed E-state index contributed by atoms with van der Waals surface area (Å²) < 4.78 is 14.2. The Bertz CT molecular complexity index is 1070. The van der Waals surface area contributed by atoms with Gasteiger partial charge in [-0.3, -0.25) is 9.78 Å². The zero-order valence-corrected chi connectivity index (χ0v) is 18.6. The third-order valence-corrected chi connectivity index (χ3v) is 6.08. The number of nitrogens with zero attached hydrogens (tertiary/aromatic N) is 2. The quantitative estimate of drug-likeness (QED) is 0.550. The first-order valence-electron chi connectivity index (χ1n) is 11.5. The van der Waals surface area contributed by atoms with Crippen molar-refractivity contribution in [3.05, 3.63) is 83.4 Å². The second-order valence-corrected chi connectivity index (χ2v) is 8.45. The molecule has 0 saturated carbocycles. The van der Waals surface area contributed by atoms with Crippen LogP contribution in [0.2, 0.25) is 0 Å². The summed E-state index contributed by atoms with van der Waals surface area (Å²) in [7, 11) is 0. The van der Waals surface area contributed by atoms with Crippen molar-refractivity contribution in [3.8, 4) is 11.1 Å². The van der Waals surface area contributed by atoms with Crippen LogP contribution in [-0.2, 0) is 6.54 Å². The number of hydrogen-bond acceptors (Lipinski definition) is 3. The Hall–Kier alpha value is -3.05. The molecule has 0 saturated heterocycles. The molecule has 2 heterocycles. The van der Waals surface area contributed by atoms with Gasteiger partial charge in [-0.05, 0) is 78.9 Å².